The van der Waals surface area contributed by atoms with Crippen molar-refractivity contribution in [2.75, 3.05) is 13.7 Å². The Morgan fingerprint density at radius 3 is 2.45 bits per heavy atom. The van der Waals surface area contributed by atoms with Crippen LogP contribution in [0, 0.1) is 0 Å². The molecular weight excluding hydrogens is 512 g/mol. The lowest BCUT2D eigenvalue weighted by Crippen LogP contribution is -2.18. The number of esters is 1. The second-order valence-corrected chi connectivity index (χ2v) is 7.93. The molecule has 0 aliphatic rings. The predicted molar refractivity (Wildman–Crippen MR) is 130 cm³/mol. The van der Waals surface area contributed by atoms with Crippen LogP contribution >= 0.6 is 27.5 Å². The maximum absolute atomic E-state index is 12.5. The number of hydrazone groups is 1. The first-order chi connectivity index (χ1) is 15.9. The highest BCUT2D eigenvalue weighted by Crippen LogP contribution is 2.29. The zero-order valence-electron chi connectivity index (χ0n) is 17.8. The number of nitrogens with one attached hydrogen (secondary N) is 1. The van der Waals surface area contributed by atoms with Crippen molar-refractivity contribution in [1.82, 2.24) is 5.43 Å². The summed E-state index contributed by atoms with van der Waals surface area (Å²) in [6.07, 6.45) is 1.45. The van der Waals surface area contributed by atoms with Gasteiger partial charge in [-0.05, 0) is 73.2 Å². The normalized spacial score (nSPS) is 10.7. The van der Waals surface area contributed by atoms with Crippen molar-refractivity contribution >= 4 is 45.6 Å². The number of nitrogens with zero attached hydrogens (tertiary/aromatic N) is 1. The molecule has 9 heteroatoms. The SMILES string of the molecule is CCOc1cc(/C=N\NC(=O)c2cc(Br)ccc2OC)ccc1OC(=O)c1ccc(Cl)cc1. The molecule has 0 saturated heterocycles. The number of hydrogen-bond donors (Lipinski definition) is 1. The lowest BCUT2D eigenvalue weighted by atomic mass is 10.2. The fourth-order valence-electron chi connectivity index (χ4n) is 2.79. The first-order valence-electron chi connectivity index (χ1n) is 9.82. The molecular formula is C24H20BrClN2O5. The molecule has 0 fully saturated rings. The van der Waals surface area contributed by atoms with Gasteiger partial charge in [-0.2, -0.15) is 5.10 Å². The monoisotopic (exact) mass is 530 g/mol. The summed E-state index contributed by atoms with van der Waals surface area (Å²) in [5, 5.41) is 4.52. The second kappa shape index (κ2) is 11.5. The molecule has 0 atom stereocenters. The Morgan fingerprint density at radius 2 is 1.76 bits per heavy atom. The zero-order valence-corrected chi connectivity index (χ0v) is 20.1. The van der Waals surface area contributed by atoms with E-state index in [1.165, 1.54) is 13.3 Å². The van der Waals surface area contributed by atoms with Gasteiger partial charge in [0.15, 0.2) is 11.5 Å². The van der Waals surface area contributed by atoms with Crippen LogP contribution in [0.15, 0.2) is 70.2 Å². The van der Waals surface area contributed by atoms with Gasteiger partial charge in [-0.15, -0.1) is 0 Å². The van der Waals surface area contributed by atoms with Crippen LogP contribution in [0.2, 0.25) is 5.02 Å². The third-order valence-electron chi connectivity index (χ3n) is 4.34. The van der Waals surface area contributed by atoms with Gasteiger partial charge in [-0.25, -0.2) is 10.2 Å². The Bertz CT molecular complexity index is 1180. The molecule has 0 aromatic heterocycles. The minimum atomic E-state index is -0.538. The minimum absolute atomic E-state index is 0.261. The number of carbonyl (C=O) groups excluding carboxylic acids is 2. The summed E-state index contributed by atoms with van der Waals surface area (Å²) in [4.78, 5) is 24.9. The topological polar surface area (TPSA) is 86.2 Å². The maximum atomic E-state index is 12.5. The van der Waals surface area contributed by atoms with Gasteiger partial charge >= 0.3 is 5.97 Å². The van der Waals surface area contributed by atoms with Crippen molar-refractivity contribution < 1.29 is 23.8 Å². The molecule has 1 amide bonds. The van der Waals surface area contributed by atoms with Gasteiger partial charge in [-0.1, -0.05) is 27.5 Å². The van der Waals surface area contributed by atoms with Crippen LogP contribution < -0.4 is 19.6 Å². The Kier molecular flexibility index (Phi) is 8.46. The molecule has 0 aliphatic carbocycles. The molecule has 0 unspecified atom stereocenters. The average molecular weight is 532 g/mol. The molecule has 3 rings (SSSR count). The number of ether oxygens (including phenoxy) is 3. The largest absolute Gasteiger partial charge is 0.496 e. The lowest BCUT2D eigenvalue weighted by molar-refractivity contribution is 0.0728. The van der Waals surface area contributed by atoms with Crippen molar-refractivity contribution in [2.45, 2.75) is 6.92 Å². The number of benzene rings is 3. The summed E-state index contributed by atoms with van der Waals surface area (Å²) in [5.41, 5.74) is 3.79. The number of amides is 1. The smallest absolute Gasteiger partial charge is 0.343 e. The van der Waals surface area contributed by atoms with Crippen LogP contribution in [0.3, 0.4) is 0 Å². The van der Waals surface area contributed by atoms with E-state index in [4.69, 9.17) is 25.8 Å². The van der Waals surface area contributed by atoms with Crippen molar-refractivity contribution in [1.29, 1.82) is 0 Å². The summed E-state index contributed by atoms with van der Waals surface area (Å²) >= 11 is 9.19. The lowest BCUT2D eigenvalue weighted by Gasteiger charge is -2.11. The van der Waals surface area contributed by atoms with E-state index < -0.39 is 11.9 Å². The molecule has 1 N–H and O–H groups in total. The number of methoxy groups -OCH3 is 1. The van der Waals surface area contributed by atoms with E-state index in [1.54, 1.807) is 60.7 Å². The highest BCUT2D eigenvalue weighted by molar-refractivity contribution is 9.10. The van der Waals surface area contributed by atoms with Gasteiger partial charge in [-0.3, -0.25) is 4.79 Å². The van der Waals surface area contributed by atoms with Gasteiger partial charge in [0.1, 0.15) is 5.75 Å². The fraction of sp³-hybridized carbons (Fsp3) is 0.125. The quantitative estimate of drug-likeness (QED) is 0.180. The van der Waals surface area contributed by atoms with Crippen molar-refractivity contribution in [3.63, 3.8) is 0 Å². The molecule has 7 nitrogen and oxygen atoms in total. The Labute approximate surface area is 204 Å². The first kappa shape index (κ1) is 24.3. The van der Waals surface area contributed by atoms with E-state index in [2.05, 4.69) is 26.5 Å². The maximum Gasteiger partial charge on any atom is 0.343 e. The second-order valence-electron chi connectivity index (χ2n) is 6.58. The van der Waals surface area contributed by atoms with Crippen LogP contribution in [0.5, 0.6) is 17.2 Å². The third-order valence-corrected chi connectivity index (χ3v) is 5.08. The van der Waals surface area contributed by atoms with E-state index in [1.807, 2.05) is 6.92 Å². The van der Waals surface area contributed by atoms with Crippen LogP contribution in [0.25, 0.3) is 0 Å². The average Bonchev–Trinajstić information content (AvgIpc) is 2.81. The highest BCUT2D eigenvalue weighted by atomic mass is 79.9. The van der Waals surface area contributed by atoms with Gasteiger partial charge in [0, 0.05) is 9.50 Å². The molecule has 0 heterocycles. The molecule has 3 aromatic rings. The molecule has 0 aliphatic heterocycles. The summed E-state index contributed by atoms with van der Waals surface area (Å²) in [5.74, 6) is 0.0872. The number of hydrogen-bond acceptors (Lipinski definition) is 6. The van der Waals surface area contributed by atoms with Gasteiger partial charge in [0.2, 0.25) is 0 Å². The first-order valence-corrected chi connectivity index (χ1v) is 11.0. The highest BCUT2D eigenvalue weighted by Gasteiger charge is 2.14. The summed E-state index contributed by atoms with van der Waals surface area (Å²) in [6, 6.07) is 16.4. The Morgan fingerprint density at radius 1 is 1.03 bits per heavy atom. The molecule has 33 heavy (non-hydrogen) atoms. The van der Waals surface area contributed by atoms with Gasteiger partial charge in [0.05, 0.1) is 31.1 Å². The third kappa shape index (κ3) is 6.57. The number of rotatable bonds is 8. The molecule has 0 bridgehead atoms. The number of halogens is 2. The van der Waals surface area contributed by atoms with Crippen LogP contribution in [-0.4, -0.2) is 31.8 Å². The fourth-order valence-corrected chi connectivity index (χ4v) is 3.27. The summed E-state index contributed by atoms with van der Waals surface area (Å²) in [7, 11) is 1.49. The van der Waals surface area contributed by atoms with Crippen molar-refractivity contribution in [2.24, 2.45) is 5.10 Å². The Hall–Kier alpha value is -3.36. The zero-order chi connectivity index (χ0) is 23.8. The Balaban J connectivity index is 1.72. The molecule has 0 saturated carbocycles. The summed E-state index contributed by atoms with van der Waals surface area (Å²) in [6.45, 7) is 2.18. The van der Waals surface area contributed by atoms with Gasteiger partial charge in [0.25, 0.3) is 5.91 Å². The molecule has 0 radical (unpaired) electrons. The van der Waals surface area contributed by atoms with Crippen LogP contribution in [0.1, 0.15) is 33.2 Å². The van der Waals surface area contributed by atoms with Crippen molar-refractivity contribution in [3.05, 3.63) is 86.8 Å². The minimum Gasteiger partial charge on any atom is -0.496 e. The van der Waals surface area contributed by atoms with Crippen LogP contribution in [0.4, 0.5) is 0 Å². The summed E-state index contributed by atoms with van der Waals surface area (Å²) < 4.78 is 17.0. The van der Waals surface area contributed by atoms with E-state index in [9.17, 15) is 9.59 Å². The standard InChI is InChI=1S/C24H20BrClN2O5/c1-3-32-22-12-15(4-10-21(22)33-24(30)16-5-8-18(26)9-6-16)14-27-28-23(29)19-13-17(25)7-11-20(19)31-2/h4-14H,3H2,1-2H3,(H,28,29)/b27-14-. The predicted octanol–water partition coefficient (Wildman–Crippen LogP) is 5.49. The van der Waals surface area contributed by atoms with E-state index in [0.717, 1.165) is 4.47 Å². The van der Waals surface area contributed by atoms with Crippen LogP contribution in [-0.2, 0) is 0 Å². The number of carbonyl (C=O) groups is 2. The van der Waals surface area contributed by atoms with E-state index >= 15 is 0 Å². The van der Waals surface area contributed by atoms with Crippen molar-refractivity contribution in [3.8, 4) is 17.2 Å². The molecule has 3 aromatic carbocycles. The van der Waals surface area contributed by atoms with E-state index in [-0.39, 0.29) is 5.75 Å². The van der Waals surface area contributed by atoms with Gasteiger partial charge < -0.3 is 14.2 Å². The molecule has 0 spiro atoms. The molecule has 170 valence electrons. The van der Waals surface area contributed by atoms with E-state index in [0.29, 0.717) is 39.8 Å².